The number of hydrogen-bond acceptors (Lipinski definition) is 4. The number of ether oxygens (including phenoxy) is 1. The van der Waals surface area contributed by atoms with E-state index in [4.69, 9.17) is 9.84 Å². The molecule has 1 amide bonds. The van der Waals surface area contributed by atoms with Gasteiger partial charge in [0.25, 0.3) is 5.91 Å². The molecule has 1 fully saturated rings. The first-order chi connectivity index (χ1) is 17.0. The molecular weight excluding hydrogens is 443 g/mol. The molecule has 1 aromatic heterocycles. The van der Waals surface area contributed by atoms with Gasteiger partial charge in [0.2, 0.25) is 0 Å². The van der Waals surface area contributed by atoms with E-state index in [9.17, 15) is 9.18 Å². The van der Waals surface area contributed by atoms with Gasteiger partial charge in [0, 0.05) is 37.4 Å². The summed E-state index contributed by atoms with van der Waals surface area (Å²) in [6.07, 6.45) is 0. The van der Waals surface area contributed by atoms with Gasteiger partial charge < -0.3 is 14.5 Å². The molecule has 0 spiro atoms. The van der Waals surface area contributed by atoms with Gasteiger partial charge >= 0.3 is 0 Å². The molecule has 178 valence electrons. The molecule has 0 bridgehead atoms. The monoisotopic (exact) mass is 470 g/mol. The molecule has 3 aromatic carbocycles. The van der Waals surface area contributed by atoms with Crippen LogP contribution in [-0.4, -0.2) is 53.9 Å². The van der Waals surface area contributed by atoms with Gasteiger partial charge in [0.05, 0.1) is 18.5 Å². The number of nitrogens with zero attached hydrogens (tertiary/aromatic N) is 4. The zero-order chi connectivity index (χ0) is 24.4. The Morgan fingerprint density at radius 1 is 0.914 bits per heavy atom. The van der Waals surface area contributed by atoms with Gasteiger partial charge in [-0.2, -0.15) is 5.10 Å². The van der Waals surface area contributed by atoms with Gasteiger partial charge in [-0.25, -0.2) is 9.07 Å². The average Bonchev–Trinajstić information content (AvgIpc) is 3.35. The molecule has 6 nitrogen and oxygen atoms in total. The zero-order valence-corrected chi connectivity index (χ0v) is 19.8. The van der Waals surface area contributed by atoms with Gasteiger partial charge in [0.15, 0.2) is 0 Å². The van der Waals surface area contributed by atoms with Crippen molar-refractivity contribution in [1.82, 2.24) is 14.7 Å². The summed E-state index contributed by atoms with van der Waals surface area (Å²) in [6, 6.07) is 23.7. The van der Waals surface area contributed by atoms with Crippen LogP contribution in [0.1, 0.15) is 16.1 Å². The van der Waals surface area contributed by atoms with E-state index >= 15 is 0 Å². The highest BCUT2D eigenvalue weighted by molar-refractivity contribution is 5.94. The van der Waals surface area contributed by atoms with Crippen LogP contribution in [0.4, 0.5) is 10.1 Å². The summed E-state index contributed by atoms with van der Waals surface area (Å²) in [5.74, 6) is 0.331. The Morgan fingerprint density at radius 2 is 1.60 bits per heavy atom. The van der Waals surface area contributed by atoms with Gasteiger partial charge in [0.1, 0.15) is 17.3 Å². The number of carbonyl (C=O) groups is 1. The number of benzene rings is 3. The lowest BCUT2D eigenvalue weighted by Crippen LogP contribution is -2.49. The maximum atomic E-state index is 13.7. The number of anilines is 1. The SMILES string of the molecule is COc1ccc(-n2nc(-c3ccc(F)cc3)cc2C(=O)N2CCN(c3ccccc3C)CC2)cc1. The predicted octanol–water partition coefficient (Wildman–Crippen LogP) is 4.96. The van der Waals surface area contributed by atoms with Crippen LogP contribution in [-0.2, 0) is 0 Å². The zero-order valence-electron chi connectivity index (χ0n) is 19.8. The third-order valence-corrected chi connectivity index (χ3v) is 6.41. The van der Waals surface area contributed by atoms with Gasteiger partial charge in [-0.1, -0.05) is 18.2 Å². The molecule has 1 aliphatic heterocycles. The molecule has 5 rings (SSSR count). The fourth-order valence-electron chi connectivity index (χ4n) is 4.45. The van der Waals surface area contributed by atoms with E-state index in [0.717, 1.165) is 30.1 Å². The molecule has 0 unspecified atom stereocenters. The molecule has 0 atom stereocenters. The van der Waals surface area contributed by atoms with Crippen LogP contribution in [0.15, 0.2) is 78.9 Å². The minimum atomic E-state index is -0.314. The topological polar surface area (TPSA) is 50.6 Å². The number of amides is 1. The summed E-state index contributed by atoms with van der Waals surface area (Å²) in [5.41, 5.74) is 5.02. The van der Waals surface area contributed by atoms with Crippen molar-refractivity contribution in [2.24, 2.45) is 0 Å². The lowest BCUT2D eigenvalue weighted by atomic mass is 10.1. The molecule has 0 N–H and O–H groups in total. The third kappa shape index (κ3) is 4.62. The van der Waals surface area contributed by atoms with Crippen molar-refractivity contribution >= 4 is 11.6 Å². The highest BCUT2D eigenvalue weighted by Crippen LogP contribution is 2.26. The number of rotatable bonds is 5. The number of aromatic nitrogens is 2. The van der Waals surface area contributed by atoms with E-state index < -0.39 is 0 Å². The molecule has 7 heteroatoms. The maximum Gasteiger partial charge on any atom is 0.272 e. The lowest BCUT2D eigenvalue weighted by Gasteiger charge is -2.36. The van der Waals surface area contributed by atoms with Crippen LogP contribution >= 0.6 is 0 Å². The Bertz CT molecular complexity index is 1320. The summed E-state index contributed by atoms with van der Waals surface area (Å²) in [4.78, 5) is 17.9. The first-order valence-electron chi connectivity index (χ1n) is 11.6. The largest absolute Gasteiger partial charge is 0.497 e. The van der Waals surface area contributed by atoms with E-state index in [1.165, 1.54) is 23.4 Å². The Labute approximate surface area is 204 Å². The molecule has 35 heavy (non-hydrogen) atoms. The normalized spacial score (nSPS) is 13.7. The molecule has 4 aromatic rings. The molecule has 1 saturated heterocycles. The van der Waals surface area contributed by atoms with Crippen LogP contribution < -0.4 is 9.64 Å². The Morgan fingerprint density at radius 3 is 2.26 bits per heavy atom. The Balaban J connectivity index is 1.44. The highest BCUT2D eigenvalue weighted by atomic mass is 19.1. The second-order valence-electron chi connectivity index (χ2n) is 8.60. The Hall–Kier alpha value is -4.13. The quantitative estimate of drug-likeness (QED) is 0.414. The van der Waals surface area contributed by atoms with Crippen molar-refractivity contribution in [3.8, 4) is 22.7 Å². The summed E-state index contributed by atoms with van der Waals surface area (Å²) >= 11 is 0. The van der Waals surface area contributed by atoms with Crippen LogP contribution in [0.2, 0.25) is 0 Å². The number of methoxy groups -OCH3 is 1. The minimum Gasteiger partial charge on any atom is -0.497 e. The van der Waals surface area contributed by atoms with Crippen molar-refractivity contribution in [2.45, 2.75) is 6.92 Å². The molecular formula is C28H27FN4O2. The first-order valence-corrected chi connectivity index (χ1v) is 11.6. The van der Waals surface area contributed by atoms with Crippen molar-refractivity contribution in [3.05, 3.63) is 95.9 Å². The summed E-state index contributed by atoms with van der Waals surface area (Å²) in [7, 11) is 1.61. The smallest absolute Gasteiger partial charge is 0.272 e. The van der Waals surface area contributed by atoms with Gasteiger partial charge in [-0.15, -0.1) is 0 Å². The third-order valence-electron chi connectivity index (χ3n) is 6.41. The van der Waals surface area contributed by atoms with Gasteiger partial charge in [-0.05, 0) is 73.2 Å². The van der Waals surface area contributed by atoms with Crippen molar-refractivity contribution in [1.29, 1.82) is 0 Å². The number of hydrogen-bond donors (Lipinski definition) is 0. The van der Waals surface area contributed by atoms with Crippen molar-refractivity contribution < 1.29 is 13.9 Å². The maximum absolute atomic E-state index is 13.7. The number of piperazine rings is 1. The second kappa shape index (κ2) is 9.62. The standard InChI is InChI=1S/C28H27FN4O2/c1-20-5-3-4-6-26(20)31-15-17-32(18-16-31)28(34)27-19-25(21-7-9-22(29)10-8-21)30-33(27)23-11-13-24(35-2)14-12-23/h3-14,19H,15-18H2,1-2H3. The van der Waals surface area contributed by atoms with Crippen molar-refractivity contribution in [2.75, 3.05) is 38.2 Å². The van der Waals surface area contributed by atoms with Crippen LogP contribution in [0.25, 0.3) is 16.9 Å². The molecule has 1 aliphatic rings. The highest BCUT2D eigenvalue weighted by Gasteiger charge is 2.27. The van der Waals surface area contributed by atoms with Crippen LogP contribution in [0.3, 0.4) is 0 Å². The fraction of sp³-hybridized carbons (Fsp3) is 0.214. The number of para-hydroxylation sites is 1. The van der Waals surface area contributed by atoms with E-state index in [2.05, 4.69) is 24.0 Å². The van der Waals surface area contributed by atoms with Crippen molar-refractivity contribution in [3.63, 3.8) is 0 Å². The molecule has 0 aliphatic carbocycles. The minimum absolute atomic E-state index is 0.0777. The number of aryl methyl sites for hydroxylation is 1. The molecule has 0 radical (unpaired) electrons. The lowest BCUT2D eigenvalue weighted by molar-refractivity contribution is 0.0737. The first kappa shape index (κ1) is 22.7. The summed E-state index contributed by atoms with van der Waals surface area (Å²) in [5, 5.41) is 4.72. The van der Waals surface area contributed by atoms with E-state index in [0.29, 0.717) is 24.5 Å². The van der Waals surface area contributed by atoms with Crippen LogP contribution in [0, 0.1) is 12.7 Å². The molecule has 2 heterocycles. The van der Waals surface area contributed by atoms with E-state index in [-0.39, 0.29) is 11.7 Å². The number of carbonyl (C=O) groups excluding carboxylic acids is 1. The Kier molecular flexibility index (Phi) is 6.23. The van der Waals surface area contributed by atoms with Crippen LogP contribution in [0.5, 0.6) is 5.75 Å². The molecule has 0 saturated carbocycles. The number of halogens is 1. The summed E-state index contributed by atoms with van der Waals surface area (Å²) in [6.45, 7) is 4.87. The van der Waals surface area contributed by atoms with E-state index in [1.54, 1.807) is 30.0 Å². The average molecular weight is 471 g/mol. The predicted molar refractivity (Wildman–Crippen MR) is 135 cm³/mol. The van der Waals surface area contributed by atoms with Gasteiger partial charge in [-0.3, -0.25) is 4.79 Å². The van der Waals surface area contributed by atoms with E-state index in [1.807, 2.05) is 41.3 Å². The second-order valence-corrected chi connectivity index (χ2v) is 8.60. The fourth-order valence-corrected chi connectivity index (χ4v) is 4.45. The summed E-state index contributed by atoms with van der Waals surface area (Å²) < 4.78 is 20.4.